The van der Waals surface area contributed by atoms with Crippen LogP contribution in [-0.2, 0) is 24.2 Å². The van der Waals surface area contributed by atoms with Gasteiger partial charge in [-0.15, -0.1) is 0 Å². The van der Waals surface area contributed by atoms with Crippen molar-refractivity contribution in [3.8, 4) is 0 Å². The first-order valence-corrected chi connectivity index (χ1v) is 10.7. The van der Waals surface area contributed by atoms with Gasteiger partial charge in [0.15, 0.2) is 0 Å². The summed E-state index contributed by atoms with van der Waals surface area (Å²) in [6.07, 6.45) is 5.07. The summed E-state index contributed by atoms with van der Waals surface area (Å²) in [5, 5.41) is 6.81. The van der Waals surface area contributed by atoms with Gasteiger partial charge in [0.2, 0.25) is 5.91 Å². The molecule has 146 valence electrons. The van der Waals surface area contributed by atoms with Crippen LogP contribution in [0.5, 0.6) is 0 Å². The number of hydrogen-bond donors (Lipinski definition) is 2. The molecular weight excluding hydrogens is 346 g/mol. The van der Waals surface area contributed by atoms with Gasteiger partial charge >= 0.3 is 0 Å². The molecule has 1 amide bonds. The summed E-state index contributed by atoms with van der Waals surface area (Å²) in [4.78, 5) is 13.9. The molecule has 5 rings (SSSR count). The molecule has 2 unspecified atom stereocenters. The van der Waals surface area contributed by atoms with Crippen LogP contribution in [0.2, 0.25) is 0 Å². The van der Waals surface area contributed by atoms with Gasteiger partial charge in [0, 0.05) is 31.4 Å². The van der Waals surface area contributed by atoms with E-state index in [1.165, 1.54) is 36.9 Å². The van der Waals surface area contributed by atoms with Gasteiger partial charge < -0.3 is 10.6 Å². The summed E-state index contributed by atoms with van der Waals surface area (Å²) < 4.78 is 0. The maximum absolute atomic E-state index is 11.6. The number of carbonyl (C=O) groups excluding carboxylic acids is 1. The predicted octanol–water partition coefficient (Wildman–Crippen LogP) is 3.22. The summed E-state index contributed by atoms with van der Waals surface area (Å²) in [5.74, 6) is 1.58. The van der Waals surface area contributed by atoms with Crippen molar-refractivity contribution in [2.24, 2.45) is 11.8 Å². The van der Waals surface area contributed by atoms with Gasteiger partial charge in [-0.3, -0.25) is 9.69 Å². The normalized spacial score (nSPS) is 27.0. The van der Waals surface area contributed by atoms with Crippen molar-refractivity contribution < 1.29 is 4.79 Å². The minimum atomic E-state index is 0.134. The van der Waals surface area contributed by atoms with Crippen molar-refractivity contribution in [3.63, 3.8) is 0 Å². The second kappa shape index (κ2) is 7.59. The molecule has 2 aliphatic carbocycles. The summed E-state index contributed by atoms with van der Waals surface area (Å²) in [7, 11) is 0. The van der Waals surface area contributed by atoms with Crippen LogP contribution in [0.3, 0.4) is 0 Å². The van der Waals surface area contributed by atoms with E-state index in [1.807, 2.05) is 0 Å². The highest BCUT2D eigenvalue weighted by Gasteiger charge is 2.38. The second-order valence-electron chi connectivity index (χ2n) is 8.71. The standard InChI is InChI=1S/C24H29N3O/c28-23-16-27(11-10-25-23)15-17-4-3-7-22(12-17)26-24-20-8-9-21(24)14-19-6-2-1-5-18(19)13-20/h1-7,12,20-21,24,26H,8-11,13-16H2,(H,25,28). The zero-order chi connectivity index (χ0) is 18.9. The molecule has 2 N–H and O–H groups in total. The van der Waals surface area contributed by atoms with E-state index in [4.69, 9.17) is 0 Å². The van der Waals surface area contributed by atoms with Crippen molar-refractivity contribution in [2.45, 2.75) is 38.3 Å². The number of nitrogens with zero attached hydrogens (tertiary/aromatic N) is 1. The van der Waals surface area contributed by atoms with Gasteiger partial charge in [-0.1, -0.05) is 36.4 Å². The molecular formula is C24H29N3O. The van der Waals surface area contributed by atoms with E-state index in [2.05, 4.69) is 64.1 Å². The van der Waals surface area contributed by atoms with Crippen LogP contribution < -0.4 is 10.6 Å². The van der Waals surface area contributed by atoms with Gasteiger partial charge in [0.05, 0.1) is 6.54 Å². The summed E-state index contributed by atoms with van der Waals surface area (Å²) in [6, 6.07) is 18.4. The van der Waals surface area contributed by atoms with Gasteiger partial charge in [-0.2, -0.15) is 0 Å². The third-order valence-electron chi connectivity index (χ3n) is 6.79. The molecule has 0 aromatic heterocycles. The Morgan fingerprint density at radius 3 is 2.46 bits per heavy atom. The fourth-order valence-corrected chi connectivity index (χ4v) is 5.42. The number of nitrogens with one attached hydrogen (secondary N) is 2. The minimum Gasteiger partial charge on any atom is -0.382 e. The van der Waals surface area contributed by atoms with Gasteiger partial charge in [-0.25, -0.2) is 0 Å². The molecule has 3 aliphatic rings. The lowest BCUT2D eigenvalue weighted by molar-refractivity contribution is -0.124. The number of rotatable bonds is 4. The third-order valence-corrected chi connectivity index (χ3v) is 6.79. The zero-order valence-corrected chi connectivity index (χ0v) is 16.4. The average Bonchev–Trinajstić information content (AvgIpc) is 2.96. The Balaban J connectivity index is 1.29. The molecule has 1 aliphatic heterocycles. The predicted molar refractivity (Wildman–Crippen MR) is 112 cm³/mol. The van der Waals surface area contributed by atoms with Crippen LogP contribution in [-0.4, -0.2) is 36.5 Å². The lowest BCUT2D eigenvalue weighted by Crippen LogP contribution is -2.47. The average molecular weight is 376 g/mol. The van der Waals surface area contributed by atoms with E-state index in [0.717, 1.165) is 31.5 Å². The molecule has 4 nitrogen and oxygen atoms in total. The molecule has 1 saturated heterocycles. The number of piperazine rings is 1. The summed E-state index contributed by atoms with van der Waals surface area (Å²) in [6.45, 7) is 3.02. The van der Waals surface area contributed by atoms with Crippen molar-refractivity contribution in [3.05, 3.63) is 65.2 Å². The Morgan fingerprint density at radius 1 is 1.00 bits per heavy atom. The number of anilines is 1. The number of carbonyl (C=O) groups is 1. The Bertz CT molecular complexity index is 831. The Kier molecular flexibility index (Phi) is 4.81. The number of amides is 1. The first-order chi connectivity index (χ1) is 13.7. The Labute approximate surface area is 167 Å². The largest absolute Gasteiger partial charge is 0.382 e. The molecule has 0 radical (unpaired) electrons. The van der Waals surface area contributed by atoms with E-state index in [0.29, 0.717) is 12.6 Å². The fraction of sp³-hybridized carbons (Fsp3) is 0.458. The highest BCUT2D eigenvalue weighted by Crippen LogP contribution is 2.41. The van der Waals surface area contributed by atoms with E-state index in [-0.39, 0.29) is 5.91 Å². The van der Waals surface area contributed by atoms with Crippen molar-refractivity contribution in [1.82, 2.24) is 10.2 Å². The second-order valence-corrected chi connectivity index (χ2v) is 8.71. The van der Waals surface area contributed by atoms with Crippen LogP contribution in [0.15, 0.2) is 48.5 Å². The molecule has 2 atom stereocenters. The summed E-state index contributed by atoms with van der Waals surface area (Å²) in [5.41, 5.74) is 5.62. The van der Waals surface area contributed by atoms with Crippen molar-refractivity contribution in [1.29, 1.82) is 0 Å². The number of hydrogen-bond acceptors (Lipinski definition) is 3. The molecule has 0 spiro atoms. The molecule has 2 aromatic carbocycles. The van der Waals surface area contributed by atoms with E-state index < -0.39 is 0 Å². The number of benzene rings is 2. The lowest BCUT2D eigenvalue weighted by Gasteiger charge is -2.27. The Morgan fingerprint density at radius 2 is 1.75 bits per heavy atom. The fourth-order valence-electron chi connectivity index (χ4n) is 5.42. The first kappa shape index (κ1) is 17.7. The van der Waals surface area contributed by atoms with Gasteiger partial charge in [-0.05, 0) is 66.3 Å². The summed E-state index contributed by atoms with van der Waals surface area (Å²) >= 11 is 0. The highest BCUT2D eigenvalue weighted by atomic mass is 16.2. The molecule has 28 heavy (non-hydrogen) atoms. The molecule has 2 bridgehead atoms. The lowest BCUT2D eigenvalue weighted by atomic mass is 9.94. The maximum atomic E-state index is 11.6. The topological polar surface area (TPSA) is 44.4 Å². The van der Waals surface area contributed by atoms with Gasteiger partial charge in [0.25, 0.3) is 0 Å². The van der Waals surface area contributed by atoms with Crippen LogP contribution in [0.1, 0.15) is 29.5 Å². The molecule has 1 heterocycles. The quantitative estimate of drug-likeness (QED) is 0.862. The SMILES string of the molecule is O=C1CN(Cc2cccc(NC3C4CCC3Cc3ccccc3C4)c2)CCN1. The van der Waals surface area contributed by atoms with Crippen LogP contribution in [0.4, 0.5) is 5.69 Å². The van der Waals surface area contributed by atoms with Crippen LogP contribution >= 0.6 is 0 Å². The van der Waals surface area contributed by atoms with Crippen LogP contribution in [0.25, 0.3) is 0 Å². The van der Waals surface area contributed by atoms with E-state index in [9.17, 15) is 4.79 Å². The molecule has 2 aromatic rings. The zero-order valence-electron chi connectivity index (χ0n) is 16.4. The smallest absolute Gasteiger partial charge is 0.234 e. The van der Waals surface area contributed by atoms with Crippen molar-refractivity contribution in [2.75, 3.05) is 25.0 Å². The maximum Gasteiger partial charge on any atom is 0.234 e. The van der Waals surface area contributed by atoms with Gasteiger partial charge in [0.1, 0.15) is 0 Å². The van der Waals surface area contributed by atoms with Crippen molar-refractivity contribution >= 4 is 11.6 Å². The molecule has 2 fully saturated rings. The Hall–Kier alpha value is -2.33. The first-order valence-electron chi connectivity index (χ1n) is 10.7. The minimum absolute atomic E-state index is 0.134. The van der Waals surface area contributed by atoms with E-state index in [1.54, 1.807) is 11.1 Å². The van der Waals surface area contributed by atoms with E-state index >= 15 is 0 Å². The third kappa shape index (κ3) is 3.66. The monoisotopic (exact) mass is 375 g/mol. The molecule has 4 heteroatoms. The van der Waals surface area contributed by atoms with Crippen LogP contribution in [0, 0.1) is 11.8 Å². The highest BCUT2D eigenvalue weighted by molar-refractivity contribution is 5.78. The number of fused-ring (bicyclic) bond motifs is 3. The molecule has 1 saturated carbocycles.